The van der Waals surface area contributed by atoms with E-state index in [0.29, 0.717) is 0 Å². The number of nitrogens with one attached hydrogen (secondary N) is 1. The first kappa shape index (κ1) is 14.8. The number of aryl methyl sites for hydroxylation is 1. The molecule has 5 heteroatoms. The zero-order chi connectivity index (χ0) is 12.7. The van der Waals surface area contributed by atoms with Crippen LogP contribution in [-0.4, -0.2) is 23.3 Å². The largest absolute Gasteiger partial charge is 0.363 e. The van der Waals surface area contributed by atoms with Crippen molar-refractivity contribution in [2.45, 2.75) is 19.9 Å². The summed E-state index contributed by atoms with van der Waals surface area (Å²) in [4.78, 5) is 1.94. The second-order valence-corrected chi connectivity index (χ2v) is 6.42. The van der Waals surface area contributed by atoms with Crippen LogP contribution in [0.5, 0.6) is 0 Å². The fraction of sp³-hybridized carbons (Fsp3) is 0.417. The van der Waals surface area contributed by atoms with Crippen LogP contribution in [0.4, 0.5) is 0 Å². The predicted molar refractivity (Wildman–Crippen MR) is 84.1 cm³/mol. The molecule has 0 aliphatic rings. The van der Waals surface area contributed by atoms with Crippen LogP contribution >= 0.6 is 34.0 Å². The molecule has 0 bridgehead atoms. The van der Waals surface area contributed by atoms with Gasteiger partial charge in [-0.25, -0.2) is 4.72 Å². The van der Waals surface area contributed by atoms with Crippen molar-refractivity contribution in [2.75, 3.05) is 14.1 Å². The normalized spacial score (nSPS) is 10.3. The van der Waals surface area contributed by atoms with Crippen LogP contribution < -0.4 is 4.72 Å². The first-order valence-electron chi connectivity index (χ1n) is 5.49. The van der Waals surface area contributed by atoms with Crippen molar-refractivity contribution in [2.24, 2.45) is 0 Å². The summed E-state index contributed by atoms with van der Waals surface area (Å²) in [5, 5.41) is 0. The van der Waals surface area contributed by atoms with Crippen molar-refractivity contribution in [3.8, 4) is 0 Å². The van der Waals surface area contributed by atoms with Gasteiger partial charge in [-0.1, -0.05) is 43.4 Å². The Morgan fingerprint density at radius 2 is 1.94 bits per heavy atom. The molecule has 0 aliphatic heterocycles. The summed E-state index contributed by atoms with van der Waals surface area (Å²) < 4.78 is 4.21. The van der Waals surface area contributed by atoms with Crippen LogP contribution in [0.2, 0.25) is 0 Å². The van der Waals surface area contributed by atoms with Gasteiger partial charge in [0.2, 0.25) is 0 Å². The van der Waals surface area contributed by atoms with Crippen LogP contribution in [0.1, 0.15) is 18.1 Å². The molecule has 0 amide bonds. The SMILES string of the molecule is CCc1ccccc1CNSSC(=S)N(C)C. The topological polar surface area (TPSA) is 15.3 Å². The van der Waals surface area contributed by atoms with E-state index >= 15 is 0 Å². The molecule has 0 saturated carbocycles. The average molecular weight is 286 g/mol. The molecule has 94 valence electrons. The minimum Gasteiger partial charge on any atom is -0.363 e. The van der Waals surface area contributed by atoms with Gasteiger partial charge in [-0.3, -0.25) is 0 Å². The lowest BCUT2D eigenvalue weighted by Crippen LogP contribution is -2.16. The van der Waals surface area contributed by atoms with E-state index in [9.17, 15) is 0 Å². The van der Waals surface area contributed by atoms with Crippen LogP contribution in [0.15, 0.2) is 24.3 Å². The molecular weight excluding hydrogens is 268 g/mol. The fourth-order valence-corrected chi connectivity index (χ4v) is 3.14. The van der Waals surface area contributed by atoms with Crippen molar-refractivity contribution in [3.63, 3.8) is 0 Å². The molecule has 0 aliphatic carbocycles. The molecule has 0 aromatic heterocycles. The predicted octanol–water partition coefficient (Wildman–Crippen LogP) is 3.48. The fourth-order valence-electron chi connectivity index (χ4n) is 1.32. The van der Waals surface area contributed by atoms with Gasteiger partial charge in [-0.15, -0.1) is 0 Å². The molecule has 0 radical (unpaired) electrons. The Bertz CT molecular complexity index is 367. The molecule has 1 rings (SSSR count). The lowest BCUT2D eigenvalue weighted by atomic mass is 10.1. The molecule has 0 heterocycles. The second kappa shape index (κ2) is 7.97. The van der Waals surface area contributed by atoms with Crippen LogP contribution in [-0.2, 0) is 13.0 Å². The highest BCUT2D eigenvalue weighted by atomic mass is 33.1. The van der Waals surface area contributed by atoms with Crippen LogP contribution in [0.25, 0.3) is 0 Å². The summed E-state index contributed by atoms with van der Waals surface area (Å²) >= 11 is 5.18. The summed E-state index contributed by atoms with van der Waals surface area (Å²) in [5.74, 6) is 0. The van der Waals surface area contributed by atoms with E-state index in [1.807, 2.05) is 19.0 Å². The van der Waals surface area contributed by atoms with Gasteiger partial charge in [0.25, 0.3) is 0 Å². The van der Waals surface area contributed by atoms with Crippen molar-refractivity contribution in [3.05, 3.63) is 35.4 Å². The molecular formula is C12H18N2S3. The van der Waals surface area contributed by atoms with Gasteiger partial charge in [0.05, 0.1) is 0 Å². The maximum absolute atomic E-state index is 5.18. The number of benzene rings is 1. The van der Waals surface area contributed by atoms with E-state index in [4.69, 9.17) is 12.2 Å². The highest BCUT2D eigenvalue weighted by Crippen LogP contribution is 2.21. The zero-order valence-corrected chi connectivity index (χ0v) is 12.8. The summed E-state index contributed by atoms with van der Waals surface area (Å²) in [6, 6.07) is 8.52. The quantitative estimate of drug-likeness (QED) is 0.385. The monoisotopic (exact) mass is 286 g/mol. The Morgan fingerprint density at radius 1 is 1.29 bits per heavy atom. The van der Waals surface area contributed by atoms with E-state index in [2.05, 4.69) is 35.9 Å². The van der Waals surface area contributed by atoms with Gasteiger partial charge < -0.3 is 4.90 Å². The third-order valence-electron chi connectivity index (χ3n) is 2.30. The van der Waals surface area contributed by atoms with Gasteiger partial charge in [0.15, 0.2) is 0 Å². The maximum Gasteiger partial charge on any atom is 0.147 e. The Labute approximate surface area is 117 Å². The molecule has 0 fully saturated rings. The van der Waals surface area contributed by atoms with Gasteiger partial charge in [0.1, 0.15) is 4.32 Å². The Hall–Kier alpha value is -0.230. The minimum absolute atomic E-state index is 0.873. The van der Waals surface area contributed by atoms with Crippen molar-refractivity contribution < 1.29 is 0 Å². The smallest absolute Gasteiger partial charge is 0.147 e. The first-order valence-corrected chi connectivity index (χ1v) is 8.05. The van der Waals surface area contributed by atoms with E-state index in [1.54, 1.807) is 21.8 Å². The van der Waals surface area contributed by atoms with Crippen molar-refractivity contribution >= 4 is 38.3 Å². The van der Waals surface area contributed by atoms with Crippen LogP contribution in [0.3, 0.4) is 0 Å². The molecule has 0 saturated heterocycles. The van der Waals surface area contributed by atoms with Crippen LogP contribution in [0, 0.1) is 0 Å². The maximum atomic E-state index is 5.18. The summed E-state index contributed by atoms with van der Waals surface area (Å²) in [6.45, 7) is 3.06. The van der Waals surface area contributed by atoms with Gasteiger partial charge in [0, 0.05) is 20.6 Å². The summed E-state index contributed by atoms with van der Waals surface area (Å²) in [6.07, 6.45) is 1.08. The second-order valence-electron chi connectivity index (χ2n) is 3.77. The highest BCUT2D eigenvalue weighted by molar-refractivity contribution is 8.83. The van der Waals surface area contributed by atoms with Gasteiger partial charge in [-0.2, -0.15) is 0 Å². The molecule has 1 aromatic rings. The third kappa shape index (κ3) is 5.29. The zero-order valence-electron chi connectivity index (χ0n) is 10.4. The summed E-state index contributed by atoms with van der Waals surface area (Å²) in [5.41, 5.74) is 2.76. The Kier molecular flexibility index (Phi) is 6.96. The number of hydrogen-bond acceptors (Lipinski definition) is 4. The van der Waals surface area contributed by atoms with Gasteiger partial charge in [-0.05, 0) is 39.3 Å². The Balaban J connectivity index is 2.33. The molecule has 0 spiro atoms. The molecule has 0 atom stereocenters. The Morgan fingerprint density at radius 3 is 2.53 bits per heavy atom. The third-order valence-corrected chi connectivity index (χ3v) is 5.16. The lowest BCUT2D eigenvalue weighted by molar-refractivity contribution is 0.648. The highest BCUT2D eigenvalue weighted by Gasteiger charge is 2.02. The first-order chi connectivity index (χ1) is 8.15. The van der Waals surface area contributed by atoms with E-state index in [0.717, 1.165) is 17.3 Å². The number of nitrogens with zero attached hydrogens (tertiary/aromatic N) is 1. The standard InChI is InChI=1S/C12H18N2S3/c1-4-10-7-5-6-8-11(10)9-13-17-16-12(15)14(2)3/h5-8,13H,4,9H2,1-3H3. The van der Waals surface area contributed by atoms with E-state index in [1.165, 1.54) is 11.1 Å². The average Bonchev–Trinajstić information content (AvgIpc) is 2.34. The minimum atomic E-state index is 0.873. The molecule has 2 nitrogen and oxygen atoms in total. The van der Waals surface area contributed by atoms with E-state index < -0.39 is 0 Å². The number of hydrogen-bond donors (Lipinski definition) is 1. The van der Waals surface area contributed by atoms with Crippen molar-refractivity contribution in [1.82, 2.24) is 9.62 Å². The molecule has 17 heavy (non-hydrogen) atoms. The summed E-state index contributed by atoms with van der Waals surface area (Å²) in [7, 11) is 7.09. The number of thiocarbonyl (C=S) groups is 1. The van der Waals surface area contributed by atoms with Gasteiger partial charge >= 0.3 is 0 Å². The molecule has 0 unspecified atom stereocenters. The number of rotatable bonds is 5. The van der Waals surface area contributed by atoms with Crippen molar-refractivity contribution in [1.29, 1.82) is 0 Å². The van der Waals surface area contributed by atoms with E-state index in [-0.39, 0.29) is 0 Å². The molecule has 1 N–H and O–H groups in total. The lowest BCUT2D eigenvalue weighted by Gasteiger charge is -2.12. The molecule has 1 aromatic carbocycles.